The monoisotopic (exact) mass is 318 g/mol. The molecule has 2 aromatic rings. The number of furan rings is 1. The second-order valence-corrected chi connectivity index (χ2v) is 5.13. The maximum Gasteiger partial charge on any atom is 0.340 e. The number of hydrogen-bond donors (Lipinski definition) is 0. The molecular formula is C15H11BrO3. The van der Waals surface area contributed by atoms with Gasteiger partial charge in [0, 0.05) is 12.0 Å². The van der Waals surface area contributed by atoms with Crippen LogP contribution in [0.25, 0.3) is 5.57 Å². The smallest absolute Gasteiger partial charge is 0.340 e. The van der Waals surface area contributed by atoms with Gasteiger partial charge in [-0.1, -0.05) is 30.3 Å². The van der Waals surface area contributed by atoms with Gasteiger partial charge in [-0.2, -0.15) is 0 Å². The van der Waals surface area contributed by atoms with Crippen LogP contribution in [-0.2, 0) is 16.0 Å². The van der Waals surface area contributed by atoms with E-state index >= 15 is 0 Å². The minimum atomic E-state index is -0.370. The maximum absolute atomic E-state index is 12.0. The Labute approximate surface area is 119 Å². The van der Waals surface area contributed by atoms with Gasteiger partial charge in [-0.25, -0.2) is 4.79 Å². The van der Waals surface area contributed by atoms with Gasteiger partial charge < -0.3 is 9.15 Å². The molecule has 3 rings (SSSR count). The molecule has 2 heterocycles. The number of carbonyl (C=O) groups excluding carboxylic acids is 1. The highest BCUT2D eigenvalue weighted by molar-refractivity contribution is 9.09. The summed E-state index contributed by atoms with van der Waals surface area (Å²) < 4.78 is 10.3. The van der Waals surface area contributed by atoms with Gasteiger partial charge in [0.1, 0.15) is 0 Å². The molecule has 0 saturated heterocycles. The number of ether oxygens (including phenoxy) is 1. The molecule has 3 nitrogen and oxygen atoms in total. The molecule has 0 saturated carbocycles. The van der Waals surface area contributed by atoms with Crippen molar-refractivity contribution in [2.45, 2.75) is 11.4 Å². The molecular weight excluding hydrogens is 308 g/mol. The van der Waals surface area contributed by atoms with E-state index in [1.807, 2.05) is 36.4 Å². The van der Waals surface area contributed by atoms with Crippen LogP contribution in [0.15, 0.2) is 58.9 Å². The van der Waals surface area contributed by atoms with Crippen molar-refractivity contribution >= 4 is 27.5 Å². The molecule has 0 N–H and O–H groups in total. The van der Waals surface area contributed by atoms with E-state index in [4.69, 9.17) is 9.15 Å². The largest absolute Gasteiger partial charge is 0.472 e. The van der Waals surface area contributed by atoms with Crippen molar-refractivity contribution in [3.8, 4) is 0 Å². The van der Waals surface area contributed by atoms with E-state index < -0.39 is 0 Å². The normalized spacial score (nSPS) is 18.8. The van der Waals surface area contributed by atoms with Crippen molar-refractivity contribution in [3.05, 3.63) is 65.6 Å². The van der Waals surface area contributed by atoms with E-state index in [1.165, 1.54) is 0 Å². The summed E-state index contributed by atoms with van der Waals surface area (Å²) in [5, 5.41) is -0.370. The molecule has 1 aliphatic rings. The van der Waals surface area contributed by atoms with E-state index in [1.54, 1.807) is 12.5 Å². The number of esters is 1. The highest BCUT2D eigenvalue weighted by Gasteiger charge is 2.33. The summed E-state index contributed by atoms with van der Waals surface area (Å²) in [5.74, 6) is -0.286. The molecule has 1 aliphatic heterocycles. The van der Waals surface area contributed by atoms with Crippen molar-refractivity contribution in [2.75, 3.05) is 0 Å². The van der Waals surface area contributed by atoms with E-state index in [0.29, 0.717) is 12.0 Å². The van der Waals surface area contributed by atoms with Gasteiger partial charge in [0.05, 0.1) is 18.1 Å². The average molecular weight is 319 g/mol. The Kier molecular flexibility index (Phi) is 3.25. The summed E-state index contributed by atoms with van der Waals surface area (Å²) in [6, 6.07) is 11.5. The number of rotatable bonds is 3. The SMILES string of the molecule is O=C1OC(Br)C(Cc2ccoc2)=C1c1ccccc1. The van der Waals surface area contributed by atoms with Crippen molar-refractivity contribution in [1.82, 2.24) is 0 Å². The summed E-state index contributed by atoms with van der Waals surface area (Å²) >= 11 is 3.40. The van der Waals surface area contributed by atoms with Crippen LogP contribution in [0.5, 0.6) is 0 Å². The fourth-order valence-electron chi connectivity index (χ4n) is 2.16. The van der Waals surface area contributed by atoms with E-state index in [-0.39, 0.29) is 11.0 Å². The zero-order valence-electron chi connectivity index (χ0n) is 10.0. The third kappa shape index (κ3) is 2.36. The molecule has 0 fully saturated rings. The fourth-order valence-corrected chi connectivity index (χ4v) is 2.72. The quantitative estimate of drug-likeness (QED) is 0.641. The molecule has 4 heteroatoms. The van der Waals surface area contributed by atoms with Crippen LogP contribution in [0.1, 0.15) is 11.1 Å². The standard InChI is InChI=1S/C15H11BrO3/c16-14-12(8-10-6-7-18-9-10)13(15(17)19-14)11-4-2-1-3-5-11/h1-7,9,14H,8H2. The lowest BCUT2D eigenvalue weighted by molar-refractivity contribution is -0.134. The van der Waals surface area contributed by atoms with Crippen molar-refractivity contribution in [2.24, 2.45) is 0 Å². The first-order valence-electron chi connectivity index (χ1n) is 5.90. The van der Waals surface area contributed by atoms with Crippen LogP contribution in [0.2, 0.25) is 0 Å². The van der Waals surface area contributed by atoms with Gasteiger partial charge in [0.2, 0.25) is 0 Å². The number of carbonyl (C=O) groups is 1. The molecule has 0 amide bonds. The third-order valence-electron chi connectivity index (χ3n) is 3.05. The molecule has 0 bridgehead atoms. The fraction of sp³-hybridized carbons (Fsp3) is 0.133. The minimum Gasteiger partial charge on any atom is -0.472 e. The van der Waals surface area contributed by atoms with Gasteiger partial charge >= 0.3 is 5.97 Å². The lowest BCUT2D eigenvalue weighted by Gasteiger charge is -2.05. The Balaban J connectivity index is 2.04. The van der Waals surface area contributed by atoms with E-state index in [2.05, 4.69) is 15.9 Å². The lowest BCUT2D eigenvalue weighted by Crippen LogP contribution is -2.03. The zero-order valence-corrected chi connectivity index (χ0v) is 11.6. The second kappa shape index (κ2) is 5.05. The predicted octanol–water partition coefficient (Wildman–Crippen LogP) is 3.55. The Morgan fingerprint density at radius 3 is 2.63 bits per heavy atom. The van der Waals surface area contributed by atoms with Crippen molar-refractivity contribution in [1.29, 1.82) is 0 Å². The molecule has 19 heavy (non-hydrogen) atoms. The van der Waals surface area contributed by atoms with Gasteiger partial charge in [-0.05, 0) is 33.1 Å². The average Bonchev–Trinajstić information content (AvgIpc) is 3.00. The predicted molar refractivity (Wildman–Crippen MR) is 74.6 cm³/mol. The van der Waals surface area contributed by atoms with Crippen LogP contribution >= 0.6 is 15.9 Å². The molecule has 0 aliphatic carbocycles. The van der Waals surface area contributed by atoms with Crippen molar-refractivity contribution < 1.29 is 13.9 Å². The van der Waals surface area contributed by atoms with Gasteiger partial charge in [0.25, 0.3) is 0 Å². The molecule has 0 spiro atoms. The maximum atomic E-state index is 12.0. The van der Waals surface area contributed by atoms with Crippen LogP contribution in [-0.4, -0.2) is 11.0 Å². The molecule has 1 atom stereocenters. The van der Waals surface area contributed by atoms with Crippen LogP contribution < -0.4 is 0 Å². The summed E-state index contributed by atoms with van der Waals surface area (Å²) in [6.45, 7) is 0. The second-order valence-electron chi connectivity index (χ2n) is 4.30. The number of benzene rings is 1. The first-order chi connectivity index (χ1) is 9.25. The summed E-state index contributed by atoms with van der Waals surface area (Å²) in [5.41, 5.74) is 3.47. The number of hydrogen-bond acceptors (Lipinski definition) is 3. The first kappa shape index (κ1) is 12.2. The van der Waals surface area contributed by atoms with Crippen LogP contribution in [0, 0.1) is 0 Å². The van der Waals surface area contributed by atoms with Crippen LogP contribution in [0.4, 0.5) is 0 Å². The topological polar surface area (TPSA) is 39.4 Å². The van der Waals surface area contributed by atoms with Gasteiger partial charge in [0.15, 0.2) is 5.01 Å². The molecule has 1 aromatic carbocycles. The Morgan fingerprint density at radius 1 is 1.16 bits per heavy atom. The zero-order chi connectivity index (χ0) is 13.2. The van der Waals surface area contributed by atoms with Gasteiger partial charge in [-0.3, -0.25) is 0 Å². The van der Waals surface area contributed by atoms with Crippen molar-refractivity contribution in [3.63, 3.8) is 0 Å². The van der Waals surface area contributed by atoms with E-state index in [0.717, 1.165) is 16.7 Å². The summed E-state index contributed by atoms with van der Waals surface area (Å²) in [7, 11) is 0. The van der Waals surface area contributed by atoms with Gasteiger partial charge in [-0.15, -0.1) is 0 Å². The highest BCUT2D eigenvalue weighted by Crippen LogP contribution is 2.35. The summed E-state index contributed by atoms with van der Waals surface area (Å²) in [4.78, 5) is 12.0. The number of cyclic esters (lactones) is 1. The molecule has 96 valence electrons. The first-order valence-corrected chi connectivity index (χ1v) is 6.82. The minimum absolute atomic E-state index is 0.286. The Morgan fingerprint density at radius 2 is 1.95 bits per heavy atom. The van der Waals surface area contributed by atoms with E-state index in [9.17, 15) is 4.79 Å². The number of alkyl halides is 1. The Hall–Kier alpha value is -1.81. The molecule has 1 unspecified atom stereocenters. The lowest BCUT2D eigenvalue weighted by atomic mass is 9.98. The van der Waals surface area contributed by atoms with Crippen LogP contribution in [0.3, 0.4) is 0 Å². The Bertz CT molecular complexity index is 614. The highest BCUT2D eigenvalue weighted by atomic mass is 79.9. The molecule has 1 aromatic heterocycles. The summed E-state index contributed by atoms with van der Waals surface area (Å²) in [6.07, 6.45) is 3.93. The molecule has 0 radical (unpaired) electrons. The third-order valence-corrected chi connectivity index (χ3v) is 3.79. The number of halogens is 1.